The molecule has 0 bridgehead atoms. The average Bonchev–Trinajstić information content (AvgIpc) is 3.21. The molecule has 0 atom stereocenters. The van der Waals surface area contributed by atoms with Crippen molar-refractivity contribution in [3.05, 3.63) is 65.4 Å². The third-order valence-electron chi connectivity index (χ3n) is 6.31. The molecule has 0 saturated heterocycles. The Labute approximate surface area is 203 Å². The first-order valence-electron chi connectivity index (χ1n) is 12.6. The van der Waals surface area contributed by atoms with Gasteiger partial charge in [0.2, 0.25) is 5.91 Å². The minimum absolute atomic E-state index is 0.0294. The van der Waals surface area contributed by atoms with Crippen LogP contribution in [0.3, 0.4) is 0 Å². The molecule has 1 amide bonds. The second kappa shape index (κ2) is 12.4. The molecule has 0 aliphatic heterocycles. The number of nitrogens with zero attached hydrogens (tertiary/aromatic N) is 2. The van der Waals surface area contributed by atoms with Crippen LogP contribution in [-0.4, -0.2) is 41.4 Å². The van der Waals surface area contributed by atoms with Crippen LogP contribution in [0.2, 0.25) is 0 Å². The number of hydrogen-bond acceptors (Lipinski definition) is 3. The van der Waals surface area contributed by atoms with Crippen molar-refractivity contribution < 1.29 is 14.3 Å². The lowest BCUT2D eigenvalue weighted by Crippen LogP contribution is -2.35. The number of carbonyl (C=O) groups is 2. The van der Waals surface area contributed by atoms with E-state index in [0.29, 0.717) is 16.9 Å². The van der Waals surface area contributed by atoms with E-state index in [4.69, 9.17) is 4.74 Å². The molecule has 5 heteroatoms. The lowest BCUT2D eigenvalue weighted by molar-refractivity contribution is -0.131. The van der Waals surface area contributed by atoms with Crippen molar-refractivity contribution in [2.75, 3.05) is 20.2 Å². The third kappa shape index (κ3) is 6.07. The van der Waals surface area contributed by atoms with Gasteiger partial charge in [-0.2, -0.15) is 0 Å². The number of ether oxygens (including phenoxy) is 1. The number of rotatable bonds is 13. The summed E-state index contributed by atoms with van der Waals surface area (Å²) in [5.41, 5.74) is 3.34. The fourth-order valence-electron chi connectivity index (χ4n) is 4.28. The zero-order chi connectivity index (χ0) is 24.5. The lowest BCUT2D eigenvalue weighted by atomic mass is 10.0. The van der Waals surface area contributed by atoms with Crippen molar-refractivity contribution in [3.8, 4) is 5.75 Å². The highest BCUT2D eigenvalue weighted by Crippen LogP contribution is 2.28. The van der Waals surface area contributed by atoms with E-state index in [2.05, 4.69) is 20.8 Å². The number of fused-ring (bicyclic) bond motifs is 1. The van der Waals surface area contributed by atoms with Gasteiger partial charge in [-0.1, -0.05) is 64.3 Å². The second-order valence-electron chi connectivity index (χ2n) is 8.92. The molecule has 34 heavy (non-hydrogen) atoms. The maximum Gasteiger partial charge on any atom is 0.242 e. The van der Waals surface area contributed by atoms with Crippen molar-refractivity contribution in [3.63, 3.8) is 0 Å². The summed E-state index contributed by atoms with van der Waals surface area (Å²) in [7, 11) is 1.63. The molecule has 182 valence electrons. The van der Waals surface area contributed by atoms with E-state index in [0.717, 1.165) is 62.5 Å². The summed E-state index contributed by atoms with van der Waals surface area (Å²) in [6.45, 7) is 8.18. The summed E-state index contributed by atoms with van der Waals surface area (Å²) in [5.74, 6) is 0.763. The van der Waals surface area contributed by atoms with Gasteiger partial charge in [0.15, 0.2) is 5.78 Å². The summed E-state index contributed by atoms with van der Waals surface area (Å²) < 4.78 is 7.34. The SMILES string of the molecule is CCCCN(CCCC)C(=O)Cn1cc(C(=O)c2ccc(CCC)cc2)c2ccc(OC)cc21. The number of methoxy groups -OCH3 is 1. The minimum atomic E-state index is -0.0294. The fraction of sp³-hybridized carbons (Fsp3) is 0.448. The fourth-order valence-corrected chi connectivity index (χ4v) is 4.28. The Kier molecular flexibility index (Phi) is 9.32. The van der Waals surface area contributed by atoms with E-state index < -0.39 is 0 Å². The van der Waals surface area contributed by atoms with Crippen LogP contribution in [0.5, 0.6) is 5.75 Å². The van der Waals surface area contributed by atoms with Crippen molar-refractivity contribution in [2.24, 2.45) is 0 Å². The lowest BCUT2D eigenvalue weighted by Gasteiger charge is -2.23. The highest BCUT2D eigenvalue weighted by molar-refractivity contribution is 6.16. The summed E-state index contributed by atoms with van der Waals surface area (Å²) in [6.07, 6.45) is 8.00. The van der Waals surface area contributed by atoms with Gasteiger partial charge < -0.3 is 14.2 Å². The highest BCUT2D eigenvalue weighted by Gasteiger charge is 2.20. The van der Waals surface area contributed by atoms with Crippen LogP contribution < -0.4 is 4.74 Å². The number of benzene rings is 2. The molecule has 0 N–H and O–H groups in total. The molecule has 2 aromatic carbocycles. The number of ketones is 1. The Morgan fingerprint density at radius 3 is 2.18 bits per heavy atom. The Hall–Kier alpha value is -3.08. The average molecular weight is 463 g/mol. The van der Waals surface area contributed by atoms with E-state index in [-0.39, 0.29) is 18.2 Å². The van der Waals surface area contributed by atoms with E-state index >= 15 is 0 Å². The van der Waals surface area contributed by atoms with Crippen LogP contribution in [0.25, 0.3) is 10.9 Å². The maximum atomic E-state index is 13.5. The van der Waals surface area contributed by atoms with Crippen molar-refractivity contribution in [1.29, 1.82) is 0 Å². The Bertz CT molecular complexity index is 1090. The number of unbranched alkanes of at least 4 members (excludes halogenated alkanes) is 2. The normalized spacial score (nSPS) is 11.1. The number of carbonyl (C=O) groups excluding carboxylic acids is 2. The number of aryl methyl sites for hydroxylation is 1. The molecule has 0 aliphatic carbocycles. The van der Waals surface area contributed by atoms with E-state index in [9.17, 15) is 9.59 Å². The van der Waals surface area contributed by atoms with Crippen LogP contribution in [0.4, 0.5) is 0 Å². The van der Waals surface area contributed by atoms with Crippen molar-refractivity contribution >= 4 is 22.6 Å². The first kappa shape index (κ1) is 25.5. The van der Waals surface area contributed by atoms with Gasteiger partial charge >= 0.3 is 0 Å². The molecular formula is C29H38N2O3. The predicted molar refractivity (Wildman–Crippen MR) is 139 cm³/mol. The van der Waals surface area contributed by atoms with Crippen molar-refractivity contribution in [2.45, 2.75) is 65.8 Å². The molecule has 3 rings (SSSR count). The molecule has 0 spiro atoms. The maximum absolute atomic E-state index is 13.5. The van der Waals surface area contributed by atoms with Crippen molar-refractivity contribution in [1.82, 2.24) is 9.47 Å². The Balaban J connectivity index is 1.95. The minimum Gasteiger partial charge on any atom is -0.497 e. The predicted octanol–water partition coefficient (Wildman–Crippen LogP) is 6.26. The smallest absolute Gasteiger partial charge is 0.242 e. The van der Waals surface area contributed by atoms with E-state index in [1.54, 1.807) is 7.11 Å². The van der Waals surface area contributed by atoms with Crippen LogP contribution in [0.15, 0.2) is 48.7 Å². The Morgan fingerprint density at radius 1 is 0.912 bits per heavy atom. The molecule has 0 unspecified atom stereocenters. The standard InChI is InChI=1S/C29H38N2O3/c1-5-8-17-30(18-9-6-2)28(32)21-31-20-26(25-16-15-24(34-4)19-27(25)31)29(33)23-13-11-22(10-7-3)12-14-23/h11-16,19-20H,5-10,17-18,21H2,1-4H3. The first-order valence-corrected chi connectivity index (χ1v) is 12.6. The quantitative estimate of drug-likeness (QED) is 0.282. The van der Waals surface area contributed by atoms with E-state index in [1.807, 2.05) is 58.1 Å². The second-order valence-corrected chi connectivity index (χ2v) is 8.92. The Morgan fingerprint density at radius 2 is 1.59 bits per heavy atom. The number of hydrogen-bond donors (Lipinski definition) is 0. The topological polar surface area (TPSA) is 51.5 Å². The van der Waals surface area contributed by atoms with E-state index in [1.165, 1.54) is 5.56 Å². The molecule has 3 aromatic rings. The van der Waals surface area contributed by atoms with Crippen LogP contribution in [0.1, 0.15) is 74.4 Å². The summed E-state index contributed by atoms with van der Waals surface area (Å²) >= 11 is 0. The van der Waals surface area contributed by atoms with Crippen LogP contribution >= 0.6 is 0 Å². The van der Waals surface area contributed by atoms with Gasteiger partial charge in [-0.05, 0) is 37.0 Å². The van der Waals surface area contributed by atoms with Gasteiger partial charge in [0.1, 0.15) is 12.3 Å². The largest absolute Gasteiger partial charge is 0.497 e. The first-order chi connectivity index (χ1) is 16.5. The zero-order valence-corrected chi connectivity index (χ0v) is 21.1. The molecule has 0 aliphatic rings. The van der Waals surface area contributed by atoms with Crippen LogP contribution in [0, 0.1) is 0 Å². The molecule has 1 aromatic heterocycles. The molecule has 0 radical (unpaired) electrons. The molecule has 0 fully saturated rings. The van der Waals surface area contributed by atoms with Gasteiger partial charge in [-0.3, -0.25) is 9.59 Å². The molecule has 0 saturated carbocycles. The third-order valence-corrected chi connectivity index (χ3v) is 6.31. The molecular weight excluding hydrogens is 424 g/mol. The monoisotopic (exact) mass is 462 g/mol. The van der Waals surface area contributed by atoms with Gasteiger partial charge in [-0.15, -0.1) is 0 Å². The number of amides is 1. The van der Waals surface area contributed by atoms with Gasteiger partial charge in [-0.25, -0.2) is 0 Å². The van der Waals surface area contributed by atoms with Crippen LogP contribution in [-0.2, 0) is 17.8 Å². The van der Waals surface area contributed by atoms with Gasteiger partial charge in [0.05, 0.1) is 12.6 Å². The highest BCUT2D eigenvalue weighted by atomic mass is 16.5. The van der Waals surface area contributed by atoms with Gasteiger partial charge in [0.25, 0.3) is 0 Å². The summed E-state index contributed by atoms with van der Waals surface area (Å²) in [6, 6.07) is 13.6. The summed E-state index contributed by atoms with van der Waals surface area (Å²) in [5, 5.41) is 0.838. The van der Waals surface area contributed by atoms with Gasteiger partial charge in [0, 0.05) is 41.9 Å². The zero-order valence-electron chi connectivity index (χ0n) is 21.1. The molecule has 5 nitrogen and oxygen atoms in total. The number of aromatic nitrogens is 1. The summed E-state index contributed by atoms with van der Waals surface area (Å²) in [4.78, 5) is 28.7. The molecule has 1 heterocycles.